The van der Waals surface area contributed by atoms with Crippen LogP contribution < -0.4 is 0 Å². The normalized spacial score (nSPS) is 10.9. The fourth-order valence-electron chi connectivity index (χ4n) is 7.58. The van der Waals surface area contributed by atoms with E-state index in [-0.39, 0.29) is 0 Å². The molecule has 10 aromatic rings. The van der Waals surface area contributed by atoms with Crippen molar-refractivity contribution in [1.82, 2.24) is 29.9 Å². The average Bonchev–Trinajstić information content (AvgIpc) is 3.37. The van der Waals surface area contributed by atoms with Gasteiger partial charge in [-0.05, 0) is 57.6 Å². The summed E-state index contributed by atoms with van der Waals surface area (Å²) in [5.41, 5.74) is 11.9. The maximum Gasteiger partial charge on any atom is 0.164 e. The van der Waals surface area contributed by atoms with Gasteiger partial charge in [0.1, 0.15) is 0 Å². The Kier molecular flexibility index (Phi) is 10.2. The van der Waals surface area contributed by atoms with E-state index in [4.69, 9.17) is 29.9 Å². The Morgan fingerprint density at radius 3 is 0.968 bits per heavy atom. The van der Waals surface area contributed by atoms with Crippen molar-refractivity contribution in [3.8, 4) is 108 Å². The lowest BCUT2D eigenvalue weighted by Gasteiger charge is -2.18. The SMILES string of the molecule is N#Cc1ccc(-c2cccc(-c3cccc(-c4nc(-c5ccccc5)nc(-c5ccccc5)n4)c3)c2-c2cccc(-c3nc(-c4ccccc4)nc(-c4ccccc4)n3)c2)cc1. The quantitative estimate of drug-likeness (QED) is 0.143. The summed E-state index contributed by atoms with van der Waals surface area (Å²) in [5.74, 6) is 3.54. The van der Waals surface area contributed by atoms with E-state index >= 15 is 0 Å². The summed E-state index contributed by atoms with van der Waals surface area (Å²) in [5, 5.41) is 9.65. The van der Waals surface area contributed by atoms with Crippen LogP contribution in [0.25, 0.3) is 102 Å². The van der Waals surface area contributed by atoms with Crippen molar-refractivity contribution in [2.75, 3.05) is 0 Å². The molecular formula is C55H35N7. The maximum absolute atomic E-state index is 9.65. The molecule has 0 aliphatic carbocycles. The second-order valence-electron chi connectivity index (χ2n) is 14.7. The van der Waals surface area contributed by atoms with Crippen LogP contribution in [-0.2, 0) is 0 Å². The lowest BCUT2D eigenvalue weighted by atomic mass is 9.86. The predicted molar refractivity (Wildman–Crippen MR) is 247 cm³/mol. The second kappa shape index (κ2) is 16.9. The van der Waals surface area contributed by atoms with Crippen LogP contribution in [0.3, 0.4) is 0 Å². The molecule has 0 fully saturated rings. The van der Waals surface area contributed by atoms with E-state index in [1.807, 2.05) is 158 Å². The monoisotopic (exact) mass is 793 g/mol. The third-order valence-corrected chi connectivity index (χ3v) is 10.6. The Balaban J connectivity index is 1.14. The van der Waals surface area contributed by atoms with Crippen molar-refractivity contribution in [2.24, 2.45) is 0 Å². The zero-order valence-corrected chi connectivity index (χ0v) is 33.3. The van der Waals surface area contributed by atoms with E-state index < -0.39 is 0 Å². The molecule has 0 N–H and O–H groups in total. The zero-order valence-electron chi connectivity index (χ0n) is 33.3. The first-order valence-electron chi connectivity index (χ1n) is 20.3. The van der Waals surface area contributed by atoms with Crippen LogP contribution >= 0.6 is 0 Å². The third kappa shape index (κ3) is 7.75. The molecular weight excluding hydrogens is 759 g/mol. The Morgan fingerprint density at radius 1 is 0.258 bits per heavy atom. The highest BCUT2D eigenvalue weighted by atomic mass is 15.0. The minimum atomic E-state index is 0.567. The van der Waals surface area contributed by atoms with Gasteiger partial charge < -0.3 is 0 Å². The van der Waals surface area contributed by atoms with Gasteiger partial charge >= 0.3 is 0 Å². The summed E-state index contributed by atoms with van der Waals surface area (Å²) in [6.45, 7) is 0. The summed E-state index contributed by atoms with van der Waals surface area (Å²) >= 11 is 0. The first kappa shape index (κ1) is 37.5. The second-order valence-corrected chi connectivity index (χ2v) is 14.7. The van der Waals surface area contributed by atoms with Crippen LogP contribution in [0.4, 0.5) is 0 Å². The minimum absolute atomic E-state index is 0.567. The van der Waals surface area contributed by atoms with Crippen LogP contribution in [0.5, 0.6) is 0 Å². The topological polar surface area (TPSA) is 101 Å². The van der Waals surface area contributed by atoms with Gasteiger partial charge in [-0.2, -0.15) is 5.26 Å². The summed E-state index contributed by atoms with van der Waals surface area (Å²) in [6, 6.07) is 73.1. The van der Waals surface area contributed by atoms with E-state index in [0.717, 1.165) is 66.8 Å². The largest absolute Gasteiger partial charge is 0.208 e. The van der Waals surface area contributed by atoms with Gasteiger partial charge in [-0.3, -0.25) is 0 Å². The van der Waals surface area contributed by atoms with E-state index in [1.54, 1.807) is 0 Å². The predicted octanol–water partition coefficient (Wildman–Crippen LogP) is 12.9. The number of aromatic nitrogens is 6. The van der Waals surface area contributed by atoms with Crippen LogP contribution in [-0.4, -0.2) is 29.9 Å². The standard InChI is InChI=1S/C55H35N7/c56-36-37-30-32-38(33-31-37)47-28-15-29-48(43-24-13-26-45(34-43)54-59-50(39-16-5-1-6-17-39)57-51(60-54)40-18-7-2-8-19-40)49(47)44-25-14-27-46(35-44)55-61-52(41-20-9-3-10-21-41)58-53(62-55)42-22-11-4-12-23-42/h1-35H. The Labute approximate surface area is 359 Å². The van der Waals surface area contributed by atoms with Gasteiger partial charge in [-0.15, -0.1) is 0 Å². The van der Waals surface area contributed by atoms with E-state index in [0.29, 0.717) is 40.5 Å². The number of hydrogen-bond acceptors (Lipinski definition) is 7. The summed E-state index contributed by atoms with van der Waals surface area (Å²) in [4.78, 5) is 30.0. The third-order valence-electron chi connectivity index (χ3n) is 10.6. The van der Waals surface area contributed by atoms with E-state index in [9.17, 15) is 5.26 Å². The van der Waals surface area contributed by atoms with Crippen LogP contribution in [0.15, 0.2) is 212 Å². The molecule has 0 radical (unpaired) electrons. The van der Waals surface area contributed by atoms with Crippen LogP contribution in [0.1, 0.15) is 5.56 Å². The van der Waals surface area contributed by atoms with Crippen molar-refractivity contribution >= 4 is 0 Å². The van der Waals surface area contributed by atoms with E-state index in [1.165, 1.54) is 0 Å². The molecule has 0 saturated heterocycles. The van der Waals surface area contributed by atoms with E-state index in [2.05, 4.69) is 60.7 Å². The summed E-state index contributed by atoms with van der Waals surface area (Å²) in [7, 11) is 0. The molecule has 0 saturated carbocycles. The molecule has 0 atom stereocenters. The molecule has 2 aromatic heterocycles. The molecule has 7 nitrogen and oxygen atoms in total. The first-order valence-corrected chi connectivity index (χ1v) is 20.3. The van der Waals surface area contributed by atoms with Gasteiger partial charge in [0.2, 0.25) is 0 Å². The van der Waals surface area contributed by atoms with Crippen molar-refractivity contribution < 1.29 is 0 Å². The van der Waals surface area contributed by atoms with Crippen LogP contribution in [0, 0.1) is 11.3 Å². The van der Waals surface area contributed by atoms with Gasteiger partial charge in [-0.1, -0.05) is 188 Å². The Hall–Kier alpha value is -8.73. The Bertz CT molecular complexity index is 3110. The first-order chi connectivity index (χ1) is 30.7. The van der Waals surface area contributed by atoms with Gasteiger partial charge in [-0.25, -0.2) is 29.9 Å². The molecule has 2 heterocycles. The molecule has 0 spiro atoms. The number of benzene rings is 8. The molecule has 0 aliphatic rings. The zero-order chi connectivity index (χ0) is 41.7. The van der Waals surface area contributed by atoms with Gasteiger partial charge in [0.25, 0.3) is 0 Å². The molecule has 8 aromatic carbocycles. The van der Waals surface area contributed by atoms with Crippen molar-refractivity contribution in [1.29, 1.82) is 5.26 Å². The highest BCUT2D eigenvalue weighted by molar-refractivity contribution is 5.96. The lowest BCUT2D eigenvalue weighted by molar-refractivity contribution is 1.07. The Morgan fingerprint density at radius 2 is 0.565 bits per heavy atom. The highest BCUT2D eigenvalue weighted by Crippen LogP contribution is 2.42. The fraction of sp³-hybridized carbons (Fsp3) is 0. The molecule has 290 valence electrons. The summed E-state index contributed by atoms with van der Waals surface area (Å²) in [6.07, 6.45) is 0. The van der Waals surface area contributed by atoms with Crippen molar-refractivity contribution in [3.05, 3.63) is 218 Å². The molecule has 0 aliphatic heterocycles. The fourth-order valence-corrected chi connectivity index (χ4v) is 7.58. The number of nitrogens with zero attached hydrogens (tertiary/aromatic N) is 7. The molecule has 10 rings (SSSR count). The number of rotatable bonds is 9. The smallest absolute Gasteiger partial charge is 0.164 e. The van der Waals surface area contributed by atoms with Gasteiger partial charge in [0, 0.05) is 33.4 Å². The highest BCUT2D eigenvalue weighted by Gasteiger charge is 2.19. The average molecular weight is 794 g/mol. The maximum atomic E-state index is 9.65. The van der Waals surface area contributed by atoms with Crippen molar-refractivity contribution in [3.63, 3.8) is 0 Å². The minimum Gasteiger partial charge on any atom is -0.208 e. The summed E-state index contributed by atoms with van der Waals surface area (Å²) < 4.78 is 0. The molecule has 7 heteroatoms. The number of nitriles is 1. The number of hydrogen-bond donors (Lipinski definition) is 0. The molecule has 0 bridgehead atoms. The van der Waals surface area contributed by atoms with Crippen molar-refractivity contribution in [2.45, 2.75) is 0 Å². The van der Waals surface area contributed by atoms with Gasteiger partial charge in [0.05, 0.1) is 11.6 Å². The molecule has 62 heavy (non-hydrogen) atoms. The van der Waals surface area contributed by atoms with Crippen LogP contribution in [0.2, 0.25) is 0 Å². The molecule has 0 unspecified atom stereocenters. The molecule has 0 amide bonds. The lowest BCUT2D eigenvalue weighted by Crippen LogP contribution is -2.00. The van der Waals surface area contributed by atoms with Gasteiger partial charge in [0.15, 0.2) is 34.9 Å².